The maximum atomic E-state index is 11.0. The predicted octanol–water partition coefficient (Wildman–Crippen LogP) is 1.28. The lowest BCUT2D eigenvalue weighted by Gasteiger charge is -2.18. The molecular weight excluding hydrogens is 172 g/mol. The second-order valence-corrected chi connectivity index (χ2v) is 3.64. The first-order chi connectivity index (χ1) is 5.87. The van der Waals surface area contributed by atoms with Gasteiger partial charge in [-0.05, 0) is 27.2 Å². The Morgan fingerprint density at radius 3 is 2.08 bits per heavy atom. The van der Waals surface area contributed by atoms with Gasteiger partial charge in [0.25, 0.3) is 0 Å². The minimum absolute atomic E-state index is 0.248. The molecule has 0 aliphatic carbocycles. The summed E-state index contributed by atoms with van der Waals surface area (Å²) in [5, 5.41) is 0. The predicted molar refractivity (Wildman–Crippen MR) is 47.1 cm³/mol. The molecule has 0 atom stereocenters. The SMILES string of the molecule is CCCOC(=O)C(=O)OC(C)(C)C. The number of hydrogen-bond donors (Lipinski definition) is 0. The van der Waals surface area contributed by atoms with Crippen LogP contribution in [0.25, 0.3) is 0 Å². The maximum absolute atomic E-state index is 11.0. The maximum Gasteiger partial charge on any atom is 0.417 e. The van der Waals surface area contributed by atoms with Gasteiger partial charge in [0.05, 0.1) is 6.61 Å². The Hall–Kier alpha value is -1.06. The van der Waals surface area contributed by atoms with Crippen molar-refractivity contribution in [3.8, 4) is 0 Å². The van der Waals surface area contributed by atoms with Crippen LogP contribution >= 0.6 is 0 Å². The van der Waals surface area contributed by atoms with Gasteiger partial charge in [-0.2, -0.15) is 0 Å². The second kappa shape index (κ2) is 4.84. The van der Waals surface area contributed by atoms with E-state index in [4.69, 9.17) is 4.74 Å². The highest BCUT2D eigenvalue weighted by molar-refractivity contribution is 6.29. The first kappa shape index (κ1) is 11.9. The molecule has 0 aliphatic heterocycles. The van der Waals surface area contributed by atoms with Crippen LogP contribution in [0.2, 0.25) is 0 Å². The van der Waals surface area contributed by atoms with Gasteiger partial charge < -0.3 is 9.47 Å². The molecule has 0 aromatic carbocycles. The average molecular weight is 188 g/mol. The van der Waals surface area contributed by atoms with Crippen molar-refractivity contribution >= 4 is 11.9 Å². The lowest BCUT2D eigenvalue weighted by atomic mass is 10.2. The molecule has 0 unspecified atom stereocenters. The van der Waals surface area contributed by atoms with Gasteiger partial charge in [0.2, 0.25) is 0 Å². The van der Waals surface area contributed by atoms with Gasteiger partial charge in [0, 0.05) is 0 Å². The van der Waals surface area contributed by atoms with Crippen LogP contribution in [0.3, 0.4) is 0 Å². The Kier molecular flexibility index (Phi) is 4.45. The standard InChI is InChI=1S/C9H16O4/c1-5-6-12-7(10)8(11)13-9(2,3)4/h5-6H2,1-4H3. The van der Waals surface area contributed by atoms with Crippen molar-refractivity contribution in [1.82, 2.24) is 0 Å². The monoisotopic (exact) mass is 188 g/mol. The van der Waals surface area contributed by atoms with E-state index in [1.807, 2.05) is 6.92 Å². The summed E-state index contributed by atoms with van der Waals surface area (Å²) < 4.78 is 9.37. The Labute approximate surface area is 78.2 Å². The van der Waals surface area contributed by atoms with E-state index in [2.05, 4.69) is 4.74 Å². The highest BCUT2D eigenvalue weighted by Crippen LogP contribution is 2.07. The van der Waals surface area contributed by atoms with Crippen molar-refractivity contribution in [3.05, 3.63) is 0 Å². The van der Waals surface area contributed by atoms with Crippen molar-refractivity contribution in [3.63, 3.8) is 0 Å². The zero-order chi connectivity index (χ0) is 10.5. The van der Waals surface area contributed by atoms with Crippen LogP contribution in [-0.4, -0.2) is 24.1 Å². The van der Waals surface area contributed by atoms with E-state index in [1.165, 1.54) is 0 Å². The van der Waals surface area contributed by atoms with Crippen LogP contribution in [0.1, 0.15) is 34.1 Å². The average Bonchev–Trinajstić information content (AvgIpc) is 1.96. The zero-order valence-corrected chi connectivity index (χ0v) is 8.55. The van der Waals surface area contributed by atoms with E-state index < -0.39 is 17.5 Å². The summed E-state index contributed by atoms with van der Waals surface area (Å²) in [5.74, 6) is -1.85. The van der Waals surface area contributed by atoms with Gasteiger partial charge in [-0.15, -0.1) is 0 Å². The van der Waals surface area contributed by atoms with Crippen molar-refractivity contribution in [2.24, 2.45) is 0 Å². The highest BCUT2D eigenvalue weighted by atomic mass is 16.6. The molecule has 4 nitrogen and oxygen atoms in total. The number of carbonyl (C=O) groups is 2. The van der Waals surface area contributed by atoms with Crippen LogP contribution in [0.15, 0.2) is 0 Å². The molecule has 0 heterocycles. The van der Waals surface area contributed by atoms with E-state index in [9.17, 15) is 9.59 Å². The first-order valence-corrected chi connectivity index (χ1v) is 4.27. The van der Waals surface area contributed by atoms with Crippen molar-refractivity contribution in [1.29, 1.82) is 0 Å². The van der Waals surface area contributed by atoms with E-state index >= 15 is 0 Å². The van der Waals surface area contributed by atoms with E-state index in [0.29, 0.717) is 6.42 Å². The third-order valence-corrected chi connectivity index (χ3v) is 1.00. The molecule has 0 saturated heterocycles. The number of hydrogen-bond acceptors (Lipinski definition) is 4. The summed E-state index contributed by atoms with van der Waals surface area (Å²) in [7, 11) is 0. The summed E-state index contributed by atoms with van der Waals surface area (Å²) in [6.45, 7) is 7.18. The van der Waals surface area contributed by atoms with E-state index in [0.717, 1.165) is 0 Å². The van der Waals surface area contributed by atoms with Gasteiger partial charge in [-0.25, -0.2) is 9.59 Å². The molecule has 0 fully saturated rings. The molecule has 4 heteroatoms. The Bertz CT molecular complexity index is 190. The molecule has 0 aromatic heterocycles. The van der Waals surface area contributed by atoms with Crippen LogP contribution < -0.4 is 0 Å². The molecule has 0 N–H and O–H groups in total. The van der Waals surface area contributed by atoms with Gasteiger partial charge in [0.15, 0.2) is 0 Å². The summed E-state index contributed by atoms with van der Waals surface area (Å²) >= 11 is 0. The summed E-state index contributed by atoms with van der Waals surface area (Å²) in [6, 6.07) is 0. The lowest BCUT2D eigenvalue weighted by molar-refractivity contribution is -0.174. The molecule has 0 amide bonds. The normalized spacial score (nSPS) is 10.8. The molecule has 0 rings (SSSR count). The molecule has 0 aliphatic rings. The third-order valence-electron chi connectivity index (χ3n) is 1.00. The Morgan fingerprint density at radius 1 is 1.15 bits per heavy atom. The van der Waals surface area contributed by atoms with Crippen molar-refractivity contribution < 1.29 is 19.1 Å². The largest absolute Gasteiger partial charge is 0.457 e. The zero-order valence-electron chi connectivity index (χ0n) is 8.55. The van der Waals surface area contributed by atoms with Gasteiger partial charge in [-0.3, -0.25) is 0 Å². The minimum Gasteiger partial charge on any atom is -0.457 e. The van der Waals surface area contributed by atoms with Gasteiger partial charge >= 0.3 is 11.9 Å². The third kappa shape index (κ3) is 6.13. The molecule has 0 saturated carbocycles. The smallest absolute Gasteiger partial charge is 0.417 e. The number of esters is 2. The number of ether oxygens (including phenoxy) is 2. The Morgan fingerprint density at radius 2 is 1.69 bits per heavy atom. The van der Waals surface area contributed by atoms with E-state index in [-0.39, 0.29) is 6.61 Å². The lowest BCUT2D eigenvalue weighted by Crippen LogP contribution is -2.30. The fraction of sp³-hybridized carbons (Fsp3) is 0.778. The van der Waals surface area contributed by atoms with Crippen LogP contribution in [-0.2, 0) is 19.1 Å². The molecule has 0 spiro atoms. The molecule has 0 aromatic rings. The minimum atomic E-state index is -0.930. The summed E-state index contributed by atoms with van der Waals surface area (Å²) in [4.78, 5) is 21.9. The molecule has 0 radical (unpaired) electrons. The Balaban J connectivity index is 3.91. The van der Waals surface area contributed by atoms with Crippen LogP contribution in [0.5, 0.6) is 0 Å². The van der Waals surface area contributed by atoms with Crippen LogP contribution in [0.4, 0.5) is 0 Å². The van der Waals surface area contributed by atoms with Gasteiger partial charge in [0.1, 0.15) is 5.60 Å². The number of carbonyl (C=O) groups excluding carboxylic acids is 2. The van der Waals surface area contributed by atoms with Crippen molar-refractivity contribution in [2.75, 3.05) is 6.61 Å². The highest BCUT2D eigenvalue weighted by Gasteiger charge is 2.23. The fourth-order valence-electron chi connectivity index (χ4n) is 0.573. The summed E-state index contributed by atoms with van der Waals surface area (Å²) in [6.07, 6.45) is 0.689. The topological polar surface area (TPSA) is 52.6 Å². The van der Waals surface area contributed by atoms with Crippen LogP contribution in [0, 0.1) is 0 Å². The molecule has 0 bridgehead atoms. The van der Waals surface area contributed by atoms with E-state index in [1.54, 1.807) is 20.8 Å². The number of rotatable bonds is 2. The molecular formula is C9H16O4. The second-order valence-electron chi connectivity index (χ2n) is 3.64. The quantitative estimate of drug-likeness (QED) is 0.484. The molecule has 76 valence electrons. The first-order valence-electron chi connectivity index (χ1n) is 4.27. The van der Waals surface area contributed by atoms with Crippen molar-refractivity contribution in [2.45, 2.75) is 39.7 Å². The molecule has 13 heavy (non-hydrogen) atoms. The fourth-order valence-corrected chi connectivity index (χ4v) is 0.573. The summed E-state index contributed by atoms with van der Waals surface area (Å²) in [5.41, 5.74) is -0.650. The van der Waals surface area contributed by atoms with Gasteiger partial charge in [-0.1, -0.05) is 6.92 Å².